The minimum atomic E-state index is -1.20. The van der Waals surface area contributed by atoms with Crippen LogP contribution in [0.25, 0.3) is 5.57 Å². The molecule has 0 bridgehead atoms. The second-order valence-electron chi connectivity index (χ2n) is 9.96. The molecule has 1 saturated heterocycles. The first-order valence-corrected chi connectivity index (χ1v) is 15.6. The Kier molecular flexibility index (Phi) is 7.48. The largest absolute Gasteiger partial charge is 0.445 e. The maximum atomic E-state index is 13.4. The van der Waals surface area contributed by atoms with Gasteiger partial charge in [0.1, 0.15) is 19.2 Å². The molecule has 1 aromatic carbocycles. The predicted molar refractivity (Wildman–Crippen MR) is 135 cm³/mol. The van der Waals surface area contributed by atoms with Crippen LogP contribution in [0, 0.1) is 0 Å². The number of carbonyl (C=O) groups is 2. The quantitative estimate of drug-likeness (QED) is 0.320. The number of hydrogen-bond acceptors (Lipinski definition) is 5. The summed E-state index contributed by atoms with van der Waals surface area (Å²) in [6, 6.07) is 14.5. The lowest BCUT2D eigenvalue weighted by Gasteiger charge is -2.28. The molecule has 2 aromatic rings. The molecule has 8 heteroatoms. The van der Waals surface area contributed by atoms with E-state index in [1.54, 1.807) is 16.0 Å². The van der Waals surface area contributed by atoms with Gasteiger partial charge in [0.15, 0.2) is 0 Å². The number of rotatable bonds is 7. The van der Waals surface area contributed by atoms with Crippen molar-refractivity contribution in [3.8, 4) is 0 Å². The fraction of sp³-hybridized carbons (Fsp3) is 0.423. The first-order chi connectivity index (χ1) is 16.3. The number of hydrogen-bond donors (Lipinski definition) is 0. The Labute approximate surface area is 202 Å². The van der Waals surface area contributed by atoms with Crippen molar-refractivity contribution in [1.29, 1.82) is 0 Å². The lowest BCUT2D eigenvalue weighted by molar-refractivity contribution is -0.114. The number of ether oxygens (including phenoxy) is 2. The second-order valence-corrected chi connectivity index (χ2v) is 15.6. The first kappa shape index (κ1) is 24.2. The third kappa shape index (κ3) is 5.74. The summed E-state index contributed by atoms with van der Waals surface area (Å²) in [5, 5.41) is 0. The molecular weight excluding hydrogens is 446 g/mol. The number of aromatic nitrogens is 1. The molecule has 0 saturated carbocycles. The fourth-order valence-corrected chi connectivity index (χ4v) is 4.93. The molecule has 0 atom stereocenters. The lowest BCUT2D eigenvalue weighted by Crippen LogP contribution is -2.37. The number of likely N-dealkylation sites (tertiary alicyclic amines) is 1. The van der Waals surface area contributed by atoms with Crippen LogP contribution < -0.4 is 4.90 Å². The molecule has 2 aliphatic rings. The zero-order valence-electron chi connectivity index (χ0n) is 20.3. The molecule has 0 radical (unpaired) electrons. The van der Waals surface area contributed by atoms with Crippen LogP contribution >= 0.6 is 0 Å². The molecule has 2 aliphatic heterocycles. The first-order valence-electron chi connectivity index (χ1n) is 11.9. The van der Waals surface area contributed by atoms with Gasteiger partial charge in [0.05, 0.1) is 5.57 Å². The van der Waals surface area contributed by atoms with Gasteiger partial charge >= 0.3 is 6.09 Å². The van der Waals surface area contributed by atoms with E-state index in [0.29, 0.717) is 43.9 Å². The highest BCUT2D eigenvalue weighted by molar-refractivity contribution is 6.76. The van der Waals surface area contributed by atoms with Gasteiger partial charge in [-0.25, -0.2) is 9.78 Å². The number of nitrogens with zero attached hydrogens (tertiary/aromatic N) is 3. The molecule has 2 amide bonds. The maximum Gasteiger partial charge on any atom is 0.410 e. The highest BCUT2D eigenvalue weighted by atomic mass is 28.3. The molecule has 0 unspecified atom stereocenters. The average Bonchev–Trinajstić information content (AvgIpc) is 3.11. The van der Waals surface area contributed by atoms with Crippen LogP contribution in [0.5, 0.6) is 0 Å². The molecule has 3 heterocycles. The smallest absolute Gasteiger partial charge is 0.410 e. The number of carbonyl (C=O) groups excluding carboxylic acids is 2. The van der Waals surface area contributed by atoms with Crippen molar-refractivity contribution >= 4 is 31.5 Å². The van der Waals surface area contributed by atoms with E-state index in [-0.39, 0.29) is 25.3 Å². The van der Waals surface area contributed by atoms with E-state index in [1.165, 1.54) is 0 Å². The second kappa shape index (κ2) is 10.5. The van der Waals surface area contributed by atoms with Crippen molar-refractivity contribution in [3.05, 3.63) is 65.4 Å². The molecule has 1 aromatic heterocycles. The number of fused-ring (bicyclic) bond motifs is 1. The summed E-state index contributed by atoms with van der Waals surface area (Å²) in [6.07, 6.45) is 2.67. The van der Waals surface area contributed by atoms with Crippen molar-refractivity contribution in [2.45, 2.75) is 45.1 Å². The number of benzene rings is 1. The summed E-state index contributed by atoms with van der Waals surface area (Å²) in [6.45, 7) is 9.09. The van der Waals surface area contributed by atoms with Gasteiger partial charge in [-0.1, -0.05) is 55.5 Å². The summed E-state index contributed by atoms with van der Waals surface area (Å²) in [5.41, 5.74) is 3.60. The molecule has 1 fully saturated rings. The molecular formula is C26H33N3O4Si. The summed E-state index contributed by atoms with van der Waals surface area (Å²) in [7, 11) is -1.20. The third-order valence-electron chi connectivity index (χ3n) is 6.17. The average molecular weight is 480 g/mol. The van der Waals surface area contributed by atoms with Crippen LogP contribution in [0.2, 0.25) is 25.7 Å². The number of anilines is 1. The minimum absolute atomic E-state index is 0.0585. The molecule has 0 aliphatic carbocycles. The van der Waals surface area contributed by atoms with Crippen LogP contribution in [-0.2, 0) is 20.9 Å². The van der Waals surface area contributed by atoms with Gasteiger partial charge in [-0.3, -0.25) is 9.69 Å². The van der Waals surface area contributed by atoms with Crippen LogP contribution in [-0.4, -0.2) is 56.4 Å². The standard InChI is InChI=1S/C26H33N3O4Si/c1-34(2,3)17-16-32-19-29-24-22(10-7-13-27-24)23(25(29)30)21-11-14-28(15-12-21)26(31)33-18-20-8-5-4-6-9-20/h4-10,13H,11-12,14-19H2,1-3H3. The topological polar surface area (TPSA) is 72.0 Å². The number of amides is 2. The van der Waals surface area contributed by atoms with Gasteiger partial charge in [-0.2, -0.15) is 0 Å². The molecule has 4 rings (SSSR count). The van der Waals surface area contributed by atoms with Crippen molar-refractivity contribution in [2.24, 2.45) is 0 Å². The number of pyridine rings is 1. The normalized spacial score (nSPS) is 16.1. The lowest BCUT2D eigenvalue weighted by atomic mass is 9.95. The Balaban J connectivity index is 1.39. The van der Waals surface area contributed by atoms with Crippen molar-refractivity contribution < 1.29 is 19.1 Å². The zero-order valence-corrected chi connectivity index (χ0v) is 21.3. The zero-order chi connectivity index (χ0) is 24.1. The van der Waals surface area contributed by atoms with Crippen LogP contribution in [0.4, 0.5) is 10.6 Å². The third-order valence-corrected chi connectivity index (χ3v) is 7.88. The Morgan fingerprint density at radius 1 is 1.06 bits per heavy atom. The van der Waals surface area contributed by atoms with Crippen molar-refractivity contribution in [1.82, 2.24) is 9.88 Å². The Bertz CT molecular complexity index is 1060. The van der Waals surface area contributed by atoms with Crippen LogP contribution in [0.15, 0.2) is 54.2 Å². The SMILES string of the molecule is C[Si](C)(C)CCOCN1C(=O)C(=C2CCN(C(=O)OCc3ccccc3)CC2)c2cccnc21. The summed E-state index contributed by atoms with van der Waals surface area (Å²) in [5.74, 6) is 0.601. The summed E-state index contributed by atoms with van der Waals surface area (Å²) < 4.78 is 11.3. The maximum absolute atomic E-state index is 13.4. The fourth-order valence-electron chi connectivity index (χ4n) is 4.17. The molecule has 180 valence electrons. The van der Waals surface area contributed by atoms with Gasteiger partial charge in [0.25, 0.3) is 5.91 Å². The van der Waals surface area contributed by atoms with E-state index < -0.39 is 8.07 Å². The van der Waals surface area contributed by atoms with Gasteiger partial charge in [0.2, 0.25) is 0 Å². The Morgan fingerprint density at radius 2 is 1.79 bits per heavy atom. The van der Waals surface area contributed by atoms with Gasteiger partial charge in [-0.05, 0) is 36.6 Å². The van der Waals surface area contributed by atoms with E-state index in [4.69, 9.17) is 9.47 Å². The van der Waals surface area contributed by atoms with E-state index in [2.05, 4.69) is 24.6 Å². The van der Waals surface area contributed by atoms with Crippen molar-refractivity contribution in [3.63, 3.8) is 0 Å². The van der Waals surface area contributed by atoms with Gasteiger partial charge in [-0.15, -0.1) is 0 Å². The number of piperidine rings is 1. The highest BCUT2D eigenvalue weighted by Gasteiger charge is 2.36. The highest BCUT2D eigenvalue weighted by Crippen LogP contribution is 2.39. The van der Waals surface area contributed by atoms with Crippen molar-refractivity contribution in [2.75, 3.05) is 31.3 Å². The van der Waals surface area contributed by atoms with E-state index >= 15 is 0 Å². The summed E-state index contributed by atoms with van der Waals surface area (Å²) >= 11 is 0. The summed E-state index contributed by atoms with van der Waals surface area (Å²) in [4.78, 5) is 33.7. The van der Waals surface area contributed by atoms with E-state index in [1.807, 2.05) is 42.5 Å². The Hall–Kier alpha value is -2.97. The van der Waals surface area contributed by atoms with Crippen LogP contribution in [0.1, 0.15) is 24.0 Å². The van der Waals surface area contributed by atoms with Gasteiger partial charge < -0.3 is 14.4 Å². The van der Waals surface area contributed by atoms with Crippen LogP contribution in [0.3, 0.4) is 0 Å². The molecule has 0 spiro atoms. The molecule has 0 N–H and O–H groups in total. The Morgan fingerprint density at radius 3 is 2.50 bits per heavy atom. The molecule has 34 heavy (non-hydrogen) atoms. The molecule has 7 nitrogen and oxygen atoms in total. The van der Waals surface area contributed by atoms with E-state index in [0.717, 1.165) is 22.7 Å². The van der Waals surface area contributed by atoms with E-state index in [9.17, 15) is 9.59 Å². The minimum Gasteiger partial charge on any atom is -0.445 e. The predicted octanol–water partition coefficient (Wildman–Crippen LogP) is 4.93. The monoisotopic (exact) mass is 479 g/mol. The van der Waals surface area contributed by atoms with Gasteiger partial charge in [0, 0.05) is 39.5 Å².